The predicted octanol–water partition coefficient (Wildman–Crippen LogP) is 3.98. The predicted molar refractivity (Wildman–Crippen MR) is 138 cm³/mol. The molecular formula is C24H24BrN3O6S. The number of amides is 3. The Hall–Kier alpha value is -3.02. The first kappa shape index (κ1) is 25.1. The maximum atomic E-state index is 12.9. The number of anilines is 2. The summed E-state index contributed by atoms with van der Waals surface area (Å²) in [5, 5.41) is 2.34. The standard InChI is InChI=1S/C24H24BrN3O6S/c1-32-19-12-15(11-16(25)22(19)33-2)13-20-23(30)28(24(31)35-20)14-21(29)26-17-5-3-4-6-18(17)27-7-9-34-10-8-27/h3-6,11-13H,7-10,14H2,1-2H3,(H,26,29)/b20-13+. The maximum absolute atomic E-state index is 12.9. The SMILES string of the molecule is COc1cc(/C=C2/SC(=O)N(CC(=O)Nc3ccccc3N3CCOCC3)C2=O)cc(Br)c1OC. The van der Waals surface area contributed by atoms with Crippen molar-refractivity contribution in [1.82, 2.24) is 4.90 Å². The quantitative estimate of drug-likeness (QED) is 0.507. The van der Waals surface area contributed by atoms with E-state index in [-0.39, 0.29) is 11.4 Å². The molecule has 2 fully saturated rings. The number of carbonyl (C=O) groups excluding carboxylic acids is 3. The molecule has 2 heterocycles. The lowest BCUT2D eigenvalue weighted by Gasteiger charge is -2.30. The van der Waals surface area contributed by atoms with Crippen LogP contribution in [0.5, 0.6) is 11.5 Å². The summed E-state index contributed by atoms with van der Waals surface area (Å²) in [5.74, 6) is 0.0168. The van der Waals surface area contributed by atoms with Crippen molar-refractivity contribution in [3.05, 3.63) is 51.3 Å². The van der Waals surface area contributed by atoms with Gasteiger partial charge in [-0.1, -0.05) is 12.1 Å². The molecule has 1 N–H and O–H groups in total. The van der Waals surface area contributed by atoms with Crippen LogP contribution in [0.3, 0.4) is 0 Å². The van der Waals surface area contributed by atoms with Crippen molar-refractivity contribution in [2.75, 3.05) is 57.3 Å². The Morgan fingerprint density at radius 2 is 1.91 bits per heavy atom. The van der Waals surface area contributed by atoms with Gasteiger partial charge in [0.1, 0.15) is 6.54 Å². The van der Waals surface area contributed by atoms with E-state index in [4.69, 9.17) is 14.2 Å². The van der Waals surface area contributed by atoms with Gasteiger partial charge < -0.3 is 24.4 Å². The number of rotatable bonds is 7. The zero-order valence-corrected chi connectivity index (χ0v) is 21.6. The third-order valence-electron chi connectivity index (χ3n) is 5.46. The minimum atomic E-state index is -0.525. The average Bonchev–Trinajstić information content (AvgIpc) is 3.11. The average molecular weight is 562 g/mol. The van der Waals surface area contributed by atoms with Gasteiger partial charge in [-0.05, 0) is 63.6 Å². The van der Waals surface area contributed by atoms with Crippen LogP contribution in [0, 0.1) is 0 Å². The number of morpholine rings is 1. The second kappa shape index (κ2) is 11.1. The summed E-state index contributed by atoms with van der Waals surface area (Å²) in [6.07, 6.45) is 1.59. The van der Waals surface area contributed by atoms with Gasteiger partial charge in [0.25, 0.3) is 11.1 Å². The topological polar surface area (TPSA) is 97.4 Å². The molecule has 11 heteroatoms. The molecule has 4 rings (SSSR count). The Morgan fingerprint density at radius 3 is 2.63 bits per heavy atom. The summed E-state index contributed by atoms with van der Waals surface area (Å²) in [4.78, 5) is 41.6. The molecule has 2 aliphatic rings. The van der Waals surface area contributed by atoms with Gasteiger partial charge in [0, 0.05) is 13.1 Å². The Labute approximate surface area is 215 Å². The van der Waals surface area contributed by atoms with Crippen molar-refractivity contribution in [2.45, 2.75) is 0 Å². The molecule has 35 heavy (non-hydrogen) atoms. The Balaban J connectivity index is 1.47. The summed E-state index contributed by atoms with van der Waals surface area (Å²) >= 11 is 4.21. The van der Waals surface area contributed by atoms with Crippen LogP contribution in [0.25, 0.3) is 6.08 Å². The van der Waals surface area contributed by atoms with E-state index in [2.05, 4.69) is 26.1 Å². The molecule has 2 aromatic carbocycles. The summed E-state index contributed by atoms with van der Waals surface area (Å²) in [6.45, 7) is 2.28. The van der Waals surface area contributed by atoms with Gasteiger partial charge in [0.15, 0.2) is 11.5 Å². The molecule has 0 aliphatic carbocycles. The molecule has 2 saturated heterocycles. The lowest BCUT2D eigenvalue weighted by atomic mass is 10.2. The first-order chi connectivity index (χ1) is 16.9. The molecule has 184 valence electrons. The van der Waals surface area contributed by atoms with E-state index in [1.54, 1.807) is 24.3 Å². The van der Waals surface area contributed by atoms with Crippen LogP contribution in [0.15, 0.2) is 45.8 Å². The molecule has 0 saturated carbocycles. The van der Waals surface area contributed by atoms with Crippen molar-refractivity contribution >= 4 is 62.2 Å². The van der Waals surface area contributed by atoms with Gasteiger partial charge in [-0.2, -0.15) is 0 Å². The van der Waals surface area contributed by atoms with Gasteiger partial charge in [0.05, 0.1) is 48.2 Å². The normalized spacial score (nSPS) is 17.2. The summed E-state index contributed by atoms with van der Waals surface area (Å²) < 4.78 is 16.7. The number of hydrogen-bond donors (Lipinski definition) is 1. The van der Waals surface area contributed by atoms with Crippen LogP contribution in [-0.2, 0) is 14.3 Å². The smallest absolute Gasteiger partial charge is 0.294 e. The van der Waals surface area contributed by atoms with Crippen LogP contribution < -0.4 is 19.7 Å². The number of halogens is 1. The molecular weight excluding hydrogens is 538 g/mol. The molecule has 0 spiro atoms. The number of nitrogens with zero attached hydrogens (tertiary/aromatic N) is 2. The molecule has 2 aromatic rings. The second-order valence-corrected chi connectivity index (χ2v) is 9.52. The fraction of sp³-hybridized carbons (Fsp3) is 0.292. The van der Waals surface area contributed by atoms with E-state index < -0.39 is 17.1 Å². The van der Waals surface area contributed by atoms with Crippen molar-refractivity contribution in [1.29, 1.82) is 0 Å². The largest absolute Gasteiger partial charge is 0.493 e. The number of ether oxygens (including phenoxy) is 3. The highest BCUT2D eigenvalue weighted by atomic mass is 79.9. The van der Waals surface area contributed by atoms with Crippen molar-refractivity contribution in [2.24, 2.45) is 0 Å². The number of imide groups is 1. The van der Waals surface area contributed by atoms with E-state index in [9.17, 15) is 14.4 Å². The van der Waals surface area contributed by atoms with Gasteiger partial charge in [-0.15, -0.1) is 0 Å². The number of methoxy groups -OCH3 is 2. The molecule has 0 unspecified atom stereocenters. The van der Waals surface area contributed by atoms with Crippen molar-refractivity contribution in [3.63, 3.8) is 0 Å². The minimum absolute atomic E-state index is 0.218. The number of nitrogens with one attached hydrogen (secondary N) is 1. The lowest BCUT2D eigenvalue weighted by molar-refractivity contribution is -0.127. The molecule has 0 bridgehead atoms. The van der Waals surface area contributed by atoms with E-state index >= 15 is 0 Å². The monoisotopic (exact) mass is 561 g/mol. The number of hydrogen-bond acceptors (Lipinski definition) is 8. The van der Waals surface area contributed by atoms with Gasteiger partial charge in [-0.25, -0.2) is 0 Å². The third-order valence-corrected chi connectivity index (χ3v) is 6.96. The van der Waals surface area contributed by atoms with Gasteiger partial charge in [0.2, 0.25) is 5.91 Å². The van der Waals surface area contributed by atoms with Crippen molar-refractivity contribution < 1.29 is 28.6 Å². The van der Waals surface area contributed by atoms with E-state index in [1.807, 2.05) is 18.2 Å². The van der Waals surface area contributed by atoms with Gasteiger partial charge in [-0.3, -0.25) is 19.3 Å². The number of para-hydroxylation sites is 2. The first-order valence-corrected chi connectivity index (χ1v) is 12.4. The minimum Gasteiger partial charge on any atom is -0.493 e. The summed E-state index contributed by atoms with van der Waals surface area (Å²) in [6, 6.07) is 10.9. The van der Waals surface area contributed by atoms with Crippen LogP contribution >= 0.6 is 27.7 Å². The van der Waals surface area contributed by atoms with E-state index in [1.165, 1.54) is 14.2 Å². The first-order valence-electron chi connectivity index (χ1n) is 10.8. The number of thioether (sulfide) groups is 1. The third kappa shape index (κ3) is 5.63. The van der Waals surface area contributed by atoms with Gasteiger partial charge >= 0.3 is 0 Å². The van der Waals surface area contributed by atoms with Crippen molar-refractivity contribution in [3.8, 4) is 11.5 Å². The van der Waals surface area contributed by atoms with Crippen LogP contribution in [0.2, 0.25) is 0 Å². The van der Waals surface area contributed by atoms with Crippen LogP contribution in [-0.4, -0.2) is 69.0 Å². The molecule has 0 radical (unpaired) electrons. The lowest BCUT2D eigenvalue weighted by Crippen LogP contribution is -2.38. The van der Waals surface area contributed by atoms with Crippen LogP contribution in [0.1, 0.15) is 5.56 Å². The zero-order chi connectivity index (χ0) is 24.9. The maximum Gasteiger partial charge on any atom is 0.294 e. The highest BCUT2D eigenvalue weighted by Crippen LogP contribution is 2.39. The highest BCUT2D eigenvalue weighted by Gasteiger charge is 2.36. The van der Waals surface area contributed by atoms with Crippen LogP contribution in [0.4, 0.5) is 16.2 Å². The summed E-state index contributed by atoms with van der Waals surface area (Å²) in [5.41, 5.74) is 2.14. The molecule has 2 aliphatic heterocycles. The summed E-state index contributed by atoms with van der Waals surface area (Å²) in [7, 11) is 3.04. The Kier molecular flexibility index (Phi) is 7.99. The second-order valence-electron chi connectivity index (χ2n) is 7.67. The molecule has 9 nitrogen and oxygen atoms in total. The molecule has 3 amide bonds. The Bertz CT molecular complexity index is 1180. The fourth-order valence-corrected chi connectivity index (χ4v) is 5.26. The zero-order valence-electron chi connectivity index (χ0n) is 19.2. The number of benzene rings is 2. The number of carbonyl (C=O) groups is 3. The molecule has 0 atom stereocenters. The fourth-order valence-electron chi connectivity index (χ4n) is 3.80. The molecule has 0 aromatic heterocycles. The Morgan fingerprint density at radius 1 is 1.17 bits per heavy atom. The van der Waals surface area contributed by atoms with E-state index in [0.717, 1.165) is 22.3 Å². The highest BCUT2D eigenvalue weighted by molar-refractivity contribution is 9.10. The van der Waals surface area contributed by atoms with E-state index in [0.29, 0.717) is 53.5 Å².